The van der Waals surface area contributed by atoms with Crippen molar-refractivity contribution in [1.82, 2.24) is 10.2 Å². The SMILES string of the molecule is CC(C)N(Cc1cccs1)CC1CC2CCCCC2N1. The van der Waals surface area contributed by atoms with Crippen molar-refractivity contribution in [2.75, 3.05) is 6.54 Å². The van der Waals surface area contributed by atoms with Crippen LogP contribution in [0.2, 0.25) is 0 Å². The van der Waals surface area contributed by atoms with E-state index in [4.69, 9.17) is 0 Å². The molecule has 2 heterocycles. The summed E-state index contributed by atoms with van der Waals surface area (Å²) in [5.41, 5.74) is 0. The normalized spacial score (nSPS) is 30.1. The molecule has 1 saturated heterocycles. The fourth-order valence-electron chi connectivity index (χ4n) is 3.92. The minimum absolute atomic E-state index is 0.626. The lowest BCUT2D eigenvalue weighted by molar-refractivity contribution is 0.193. The van der Waals surface area contributed by atoms with E-state index in [1.807, 2.05) is 11.3 Å². The Hall–Kier alpha value is -0.380. The molecule has 2 nitrogen and oxygen atoms in total. The van der Waals surface area contributed by atoms with E-state index >= 15 is 0 Å². The summed E-state index contributed by atoms with van der Waals surface area (Å²) in [6.45, 7) is 6.98. The van der Waals surface area contributed by atoms with Crippen LogP contribution in [0.4, 0.5) is 0 Å². The number of hydrogen-bond acceptors (Lipinski definition) is 3. The summed E-state index contributed by atoms with van der Waals surface area (Å²) in [7, 11) is 0. The highest BCUT2D eigenvalue weighted by molar-refractivity contribution is 7.09. The van der Waals surface area contributed by atoms with Gasteiger partial charge in [0.1, 0.15) is 0 Å². The van der Waals surface area contributed by atoms with Gasteiger partial charge in [0.15, 0.2) is 0 Å². The summed E-state index contributed by atoms with van der Waals surface area (Å²) in [5, 5.41) is 6.11. The highest BCUT2D eigenvalue weighted by Crippen LogP contribution is 2.33. The molecule has 0 amide bonds. The van der Waals surface area contributed by atoms with Crippen molar-refractivity contribution in [3.8, 4) is 0 Å². The summed E-state index contributed by atoms with van der Waals surface area (Å²) in [6.07, 6.45) is 7.16. The highest BCUT2D eigenvalue weighted by atomic mass is 32.1. The van der Waals surface area contributed by atoms with E-state index in [1.54, 1.807) is 0 Å². The first-order chi connectivity index (χ1) is 9.72. The molecule has 3 atom stereocenters. The Morgan fingerprint density at radius 2 is 2.20 bits per heavy atom. The van der Waals surface area contributed by atoms with Crippen LogP contribution in [0.1, 0.15) is 50.8 Å². The smallest absolute Gasteiger partial charge is 0.0331 e. The van der Waals surface area contributed by atoms with Gasteiger partial charge in [0.2, 0.25) is 0 Å². The van der Waals surface area contributed by atoms with Gasteiger partial charge in [-0.15, -0.1) is 11.3 Å². The van der Waals surface area contributed by atoms with Crippen molar-refractivity contribution in [3.63, 3.8) is 0 Å². The van der Waals surface area contributed by atoms with Gasteiger partial charge >= 0.3 is 0 Å². The van der Waals surface area contributed by atoms with Gasteiger partial charge in [-0.05, 0) is 50.5 Å². The zero-order valence-corrected chi connectivity index (χ0v) is 13.7. The lowest BCUT2D eigenvalue weighted by Crippen LogP contribution is -2.42. The molecule has 1 aliphatic heterocycles. The van der Waals surface area contributed by atoms with E-state index in [-0.39, 0.29) is 0 Å². The molecule has 0 bridgehead atoms. The molecule has 112 valence electrons. The monoisotopic (exact) mass is 292 g/mol. The van der Waals surface area contributed by atoms with Crippen LogP contribution in [0.25, 0.3) is 0 Å². The summed E-state index contributed by atoms with van der Waals surface area (Å²) in [4.78, 5) is 4.13. The molecule has 2 fully saturated rings. The second-order valence-corrected chi connectivity index (χ2v) is 7.89. The van der Waals surface area contributed by atoms with Gasteiger partial charge in [-0.2, -0.15) is 0 Å². The number of hydrogen-bond donors (Lipinski definition) is 1. The maximum Gasteiger partial charge on any atom is 0.0331 e. The number of nitrogens with zero attached hydrogens (tertiary/aromatic N) is 1. The van der Waals surface area contributed by atoms with E-state index in [0.29, 0.717) is 12.1 Å². The quantitative estimate of drug-likeness (QED) is 0.886. The fraction of sp³-hybridized carbons (Fsp3) is 0.765. The zero-order valence-electron chi connectivity index (χ0n) is 12.8. The van der Waals surface area contributed by atoms with Gasteiger partial charge in [-0.3, -0.25) is 4.90 Å². The number of rotatable bonds is 5. The van der Waals surface area contributed by atoms with Gasteiger partial charge in [-0.25, -0.2) is 0 Å². The highest BCUT2D eigenvalue weighted by Gasteiger charge is 2.35. The fourth-order valence-corrected chi connectivity index (χ4v) is 4.65. The van der Waals surface area contributed by atoms with Gasteiger partial charge in [0, 0.05) is 36.1 Å². The van der Waals surface area contributed by atoms with Gasteiger partial charge < -0.3 is 5.32 Å². The maximum absolute atomic E-state index is 3.92. The molecule has 3 unspecified atom stereocenters. The first-order valence-electron chi connectivity index (χ1n) is 8.25. The molecule has 20 heavy (non-hydrogen) atoms. The molecule has 1 aromatic rings. The second-order valence-electron chi connectivity index (χ2n) is 6.85. The Morgan fingerprint density at radius 1 is 1.35 bits per heavy atom. The first-order valence-corrected chi connectivity index (χ1v) is 9.13. The Labute approximate surface area is 127 Å². The van der Waals surface area contributed by atoms with E-state index in [9.17, 15) is 0 Å². The predicted octanol–water partition coefficient (Wildman–Crippen LogP) is 3.88. The third kappa shape index (κ3) is 3.44. The van der Waals surface area contributed by atoms with Crippen molar-refractivity contribution in [1.29, 1.82) is 0 Å². The van der Waals surface area contributed by atoms with Crippen molar-refractivity contribution in [3.05, 3.63) is 22.4 Å². The molecule has 2 aliphatic rings. The van der Waals surface area contributed by atoms with E-state index in [0.717, 1.165) is 18.5 Å². The topological polar surface area (TPSA) is 15.3 Å². The molecule has 3 heteroatoms. The third-order valence-electron chi connectivity index (χ3n) is 5.07. The second kappa shape index (κ2) is 6.59. The lowest BCUT2D eigenvalue weighted by atomic mass is 9.85. The van der Waals surface area contributed by atoms with Crippen molar-refractivity contribution in [2.45, 2.75) is 70.6 Å². The standard InChI is InChI=1S/C17H28N2S/c1-13(2)19(12-16-7-5-9-20-16)11-15-10-14-6-3-4-8-17(14)18-15/h5,7,9,13-15,17-18H,3-4,6,8,10-12H2,1-2H3. The van der Waals surface area contributed by atoms with Crippen LogP contribution in [-0.2, 0) is 6.54 Å². The van der Waals surface area contributed by atoms with E-state index < -0.39 is 0 Å². The summed E-state index contributed by atoms with van der Waals surface area (Å²) in [6, 6.07) is 6.60. The van der Waals surface area contributed by atoms with Crippen LogP contribution in [-0.4, -0.2) is 29.6 Å². The predicted molar refractivity (Wildman–Crippen MR) is 87.2 cm³/mol. The summed E-state index contributed by atoms with van der Waals surface area (Å²) < 4.78 is 0. The maximum atomic E-state index is 3.92. The molecule has 3 rings (SSSR count). The van der Waals surface area contributed by atoms with Crippen molar-refractivity contribution < 1.29 is 0 Å². The molecule has 1 aromatic heterocycles. The average Bonchev–Trinajstić information content (AvgIpc) is 3.05. The molecule has 0 aromatic carbocycles. The Morgan fingerprint density at radius 3 is 2.90 bits per heavy atom. The molecule has 1 N–H and O–H groups in total. The summed E-state index contributed by atoms with van der Waals surface area (Å²) in [5.74, 6) is 0.963. The van der Waals surface area contributed by atoms with Crippen LogP contribution in [0.15, 0.2) is 17.5 Å². The van der Waals surface area contributed by atoms with Crippen LogP contribution in [0.5, 0.6) is 0 Å². The molecule has 1 saturated carbocycles. The third-order valence-corrected chi connectivity index (χ3v) is 5.93. The molecule has 0 spiro atoms. The lowest BCUT2D eigenvalue weighted by Gasteiger charge is -2.29. The van der Waals surface area contributed by atoms with E-state index in [1.165, 1.54) is 43.5 Å². The molecular formula is C17H28N2S. The first kappa shape index (κ1) is 14.6. The van der Waals surface area contributed by atoms with E-state index in [2.05, 4.69) is 41.6 Å². The molecule has 1 aliphatic carbocycles. The molecular weight excluding hydrogens is 264 g/mol. The minimum Gasteiger partial charge on any atom is -0.310 e. The number of nitrogens with one attached hydrogen (secondary N) is 1. The largest absolute Gasteiger partial charge is 0.310 e. The average molecular weight is 292 g/mol. The van der Waals surface area contributed by atoms with Gasteiger partial charge in [-0.1, -0.05) is 18.9 Å². The number of fused-ring (bicyclic) bond motifs is 1. The number of thiophene rings is 1. The summed E-state index contributed by atoms with van der Waals surface area (Å²) >= 11 is 1.88. The van der Waals surface area contributed by atoms with Crippen LogP contribution >= 0.6 is 11.3 Å². The van der Waals surface area contributed by atoms with Gasteiger partial charge in [0.05, 0.1) is 0 Å². The Bertz CT molecular complexity index is 387. The van der Waals surface area contributed by atoms with Crippen LogP contribution in [0, 0.1) is 5.92 Å². The van der Waals surface area contributed by atoms with Crippen LogP contribution < -0.4 is 5.32 Å². The van der Waals surface area contributed by atoms with Crippen molar-refractivity contribution >= 4 is 11.3 Å². The Kier molecular flexibility index (Phi) is 4.79. The zero-order chi connectivity index (χ0) is 13.9. The minimum atomic E-state index is 0.626. The molecule has 0 radical (unpaired) electrons. The van der Waals surface area contributed by atoms with Crippen LogP contribution in [0.3, 0.4) is 0 Å². The van der Waals surface area contributed by atoms with Crippen molar-refractivity contribution in [2.24, 2.45) is 5.92 Å². The Balaban J connectivity index is 1.56. The van der Waals surface area contributed by atoms with Gasteiger partial charge in [0.25, 0.3) is 0 Å².